The number of hydrogen-bond donors (Lipinski definition) is 1. The zero-order valence-corrected chi connectivity index (χ0v) is 14.5. The van der Waals surface area contributed by atoms with Gasteiger partial charge in [-0.05, 0) is 30.7 Å². The summed E-state index contributed by atoms with van der Waals surface area (Å²) in [6.45, 7) is 1.88. The zero-order valence-electron chi connectivity index (χ0n) is 13.7. The molecule has 0 fully saturated rings. The molecule has 0 aliphatic heterocycles. The second-order valence-electron chi connectivity index (χ2n) is 5.54. The molecule has 0 radical (unpaired) electrons. The molecule has 130 valence electrons. The summed E-state index contributed by atoms with van der Waals surface area (Å²) in [5, 5.41) is 10.4. The number of sulfone groups is 1. The smallest absolute Gasteiger partial charge is 0.233 e. The van der Waals surface area contributed by atoms with Crippen molar-refractivity contribution in [1.82, 2.24) is 9.97 Å². The van der Waals surface area contributed by atoms with Crippen molar-refractivity contribution in [1.29, 1.82) is 0 Å². The fourth-order valence-electron chi connectivity index (χ4n) is 2.53. The fourth-order valence-corrected chi connectivity index (χ4v) is 4.05. The molecule has 0 aliphatic carbocycles. The Morgan fingerprint density at radius 1 is 1.16 bits per heavy atom. The van der Waals surface area contributed by atoms with E-state index >= 15 is 0 Å². The van der Waals surface area contributed by atoms with Gasteiger partial charge in [0.2, 0.25) is 21.2 Å². The van der Waals surface area contributed by atoms with Crippen molar-refractivity contribution in [3.8, 4) is 11.6 Å². The largest absolute Gasteiger partial charge is 0.493 e. The van der Waals surface area contributed by atoms with E-state index in [0.29, 0.717) is 23.7 Å². The van der Waals surface area contributed by atoms with E-state index in [1.165, 1.54) is 18.3 Å². The number of nitrogens with zero attached hydrogens (tertiary/aromatic N) is 2. The Labute approximate surface area is 146 Å². The number of hydrogen-bond acceptors (Lipinski definition) is 6. The zero-order chi connectivity index (χ0) is 17.9. The highest BCUT2D eigenvalue weighted by atomic mass is 32.2. The Bertz CT molecular complexity index is 975. The molecule has 25 heavy (non-hydrogen) atoms. The van der Waals surface area contributed by atoms with Gasteiger partial charge < -0.3 is 9.84 Å². The predicted octanol–water partition coefficient (Wildman–Crippen LogP) is 3.31. The number of benzene rings is 1. The Morgan fingerprint density at radius 2 is 1.92 bits per heavy atom. The van der Waals surface area contributed by atoms with Crippen LogP contribution in [0.1, 0.15) is 19.8 Å². The molecule has 7 heteroatoms. The molecule has 1 atom stereocenters. The highest BCUT2D eigenvalue weighted by Gasteiger charge is 2.30. The van der Waals surface area contributed by atoms with Crippen LogP contribution >= 0.6 is 0 Å². The summed E-state index contributed by atoms with van der Waals surface area (Å²) in [5.41, 5.74) is -0.569. The Hall–Kier alpha value is -2.67. The molecule has 2 heterocycles. The minimum atomic E-state index is -3.78. The average Bonchev–Trinajstić information content (AvgIpc) is 2.62. The summed E-state index contributed by atoms with van der Waals surface area (Å²) in [7, 11) is -3.78. The maximum atomic E-state index is 12.9. The van der Waals surface area contributed by atoms with Crippen molar-refractivity contribution in [2.45, 2.75) is 30.2 Å². The first kappa shape index (κ1) is 17.2. The molecule has 0 saturated heterocycles. The van der Waals surface area contributed by atoms with Crippen LogP contribution in [0.15, 0.2) is 59.8 Å². The molecule has 6 nitrogen and oxygen atoms in total. The molecule has 3 rings (SSSR count). The van der Waals surface area contributed by atoms with Crippen LogP contribution in [0, 0.1) is 0 Å². The van der Waals surface area contributed by atoms with Crippen molar-refractivity contribution >= 4 is 20.7 Å². The number of pyridine rings is 2. The van der Waals surface area contributed by atoms with Gasteiger partial charge >= 0.3 is 0 Å². The molecular formula is C18H18N2O4S. The Kier molecular flexibility index (Phi) is 4.85. The first-order chi connectivity index (χ1) is 12.0. The maximum absolute atomic E-state index is 12.9. The van der Waals surface area contributed by atoms with Gasteiger partial charge in [-0.3, -0.25) is 0 Å². The van der Waals surface area contributed by atoms with Gasteiger partial charge in [0.25, 0.3) is 0 Å². The highest BCUT2D eigenvalue weighted by molar-refractivity contribution is 7.91. The van der Waals surface area contributed by atoms with Gasteiger partial charge in [0, 0.05) is 17.6 Å². The lowest BCUT2D eigenvalue weighted by Gasteiger charge is -2.19. The van der Waals surface area contributed by atoms with E-state index in [1.807, 2.05) is 6.92 Å². The number of aromatic hydroxyl groups is 1. The van der Waals surface area contributed by atoms with E-state index in [0.717, 1.165) is 0 Å². The first-order valence-corrected chi connectivity index (χ1v) is 9.47. The standard InChI is InChI=1S/C18H18N2O4S/c1-2-7-18(25(22,23)17-10-5-6-11-19-17)24-15-12-16(21)20-14-9-4-3-8-13(14)15/h3-6,8-12,18H,2,7H2,1H3,(H,20,21). The number of para-hydroxylation sites is 1. The summed E-state index contributed by atoms with van der Waals surface area (Å²) >= 11 is 0. The van der Waals surface area contributed by atoms with E-state index in [9.17, 15) is 13.5 Å². The number of aromatic nitrogens is 2. The van der Waals surface area contributed by atoms with Crippen molar-refractivity contribution in [2.75, 3.05) is 0 Å². The van der Waals surface area contributed by atoms with Gasteiger partial charge in [0.15, 0.2) is 5.03 Å². The lowest BCUT2D eigenvalue weighted by Crippen LogP contribution is -2.28. The van der Waals surface area contributed by atoms with Crippen LogP contribution in [0.3, 0.4) is 0 Å². The molecule has 2 aromatic heterocycles. The van der Waals surface area contributed by atoms with Gasteiger partial charge in [0.1, 0.15) is 5.75 Å². The molecule has 0 amide bonds. The molecular weight excluding hydrogens is 340 g/mol. The van der Waals surface area contributed by atoms with Crippen LogP contribution in [0.2, 0.25) is 0 Å². The van der Waals surface area contributed by atoms with Crippen molar-refractivity contribution in [3.05, 3.63) is 54.7 Å². The molecule has 1 unspecified atom stereocenters. The third-order valence-corrected chi connectivity index (χ3v) is 5.57. The molecule has 1 aromatic carbocycles. The number of ether oxygens (including phenoxy) is 1. The van der Waals surface area contributed by atoms with Gasteiger partial charge in [-0.2, -0.15) is 0 Å². The van der Waals surface area contributed by atoms with Crippen LogP contribution in [0.4, 0.5) is 0 Å². The second kappa shape index (κ2) is 7.06. The van der Waals surface area contributed by atoms with Gasteiger partial charge in [-0.15, -0.1) is 0 Å². The molecule has 0 bridgehead atoms. The van der Waals surface area contributed by atoms with E-state index in [4.69, 9.17) is 4.74 Å². The first-order valence-electron chi connectivity index (χ1n) is 7.92. The van der Waals surface area contributed by atoms with Crippen LogP contribution in [-0.2, 0) is 9.84 Å². The van der Waals surface area contributed by atoms with Crippen LogP contribution < -0.4 is 4.74 Å². The molecule has 1 N–H and O–H groups in total. The number of rotatable bonds is 6. The normalized spacial score (nSPS) is 12.8. The Balaban J connectivity index is 2.04. The summed E-state index contributed by atoms with van der Waals surface area (Å²) in [5.74, 6) is 0.0558. The highest BCUT2D eigenvalue weighted by Crippen LogP contribution is 2.31. The van der Waals surface area contributed by atoms with E-state index in [2.05, 4.69) is 9.97 Å². The average molecular weight is 358 g/mol. The third kappa shape index (κ3) is 3.56. The third-order valence-electron chi connectivity index (χ3n) is 3.72. The topological polar surface area (TPSA) is 89.4 Å². The van der Waals surface area contributed by atoms with Gasteiger partial charge in [0.05, 0.1) is 5.52 Å². The minimum absolute atomic E-state index is 0.0315. The SMILES string of the molecule is CCCC(Oc1cc(O)nc2ccccc12)S(=O)(=O)c1ccccn1. The quantitative estimate of drug-likeness (QED) is 0.727. The van der Waals surface area contributed by atoms with E-state index in [1.54, 1.807) is 36.4 Å². The summed E-state index contributed by atoms with van der Waals surface area (Å²) in [6.07, 6.45) is 2.35. The fraction of sp³-hybridized carbons (Fsp3) is 0.222. The summed E-state index contributed by atoms with van der Waals surface area (Å²) < 4.78 is 31.6. The minimum Gasteiger partial charge on any atom is -0.493 e. The molecule has 0 spiro atoms. The molecule has 0 saturated carbocycles. The van der Waals surface area contributed by atoms with E-state index < -0.39 is 15.3 Å². The van der Waals surface area contributed by atoms with Crippen molar-refractivity contribution in [2.24, 2.45) is 0 Å². The van der Waals surface area contributed by atoms with Gasteiger partial charge in [-0.1, -0.05) is 31.5 Å². The number of fused-ring (bicyclic) bond motifs is 1. The molecule has 0 aliphatic rings. The van der Waals surface area contributed by atoms with Crippen molar-refractivity contribution in [3.63, 3.8) is 0 Å². The van der Waals surface area contributed by atoms with Crippen molar-refractivity contribution < 1.29 is 18.3 Å². The van der Waals surface area contributed by atoms with Gasteiger partial charge in [-0.25, -0.2) is 18.4 Å². The van der Waals surface area contributed by atoms with Crippen LogP contribution in [0.25, 0.3) is 10.9 Å². The monoisotopic (exact) mass is 358 g/mol. The van der Waals surface area contributed by atoms with Crippen LogP contribution in [0.5, 0.6) is 11.6 Å². The summed E-state index contributed by atoms with van der Waals surface area (Å²) in [4.78, 5) is 7.97. The van der Waals surface area contributed by atoms with Crippen LogP contribution in [-0.4, -0.2) is 28.9 Å². The summed E-state index contributed by atoms with van der Waals surface area (Å²) in [6, 6.07) is 13.1. The Morgan fingerprint density at radius 3 is 2.64 bits per heavy atom. The van der Waals surface area contributed by atoms with E-state index in [-0.39, 0.29) is 16.7 Å². The second-order valence-corrected chi connectivity index (χ2v) is 7.58. The molecule has 3 aromatic rings. The lowest BCUT2D eigenvalue weighted by molar-refractivity contribution is 0.262. The maximum Gasteiger partial charge on any atom is 0.233 e. The lowest BCUT2D eigenvalue weighted by atomic mass is 10.2. The predicted molar refractivity (Wildman–Crippen MR) is 94.2 cm³/mol.